The molecule has 2 N–H and O–H groups in total. The van der Waals surface area contributed by atoms with Crippen LogP contribution in [0.25, 0.3) is 10.8 Å². The van der Waals surface area contributed by atoms with E-state index in [0.717, 1.165) is 17.7 Å². The summed E-state index contributed by atoms with van der Waals surface area (Å²) in [6, 6.07) is 24.9. The van der Waals surface area contributed by atoms with E-state index in [1.165, 1.54) is 21.9 Å². The summed E-state index contributed by atoms with van der Waals surface area (Å²) in [6.07, 6.45) is 0.877. The number of aliphatic imine (C=N–C) groups is 1. The Hall–Kier alpha value is -2.87. The third-order valence-electron chi connectivity index (χ3n) is 4.26. The molecular weight excluding hydrogens is 292 g/mol. The number of nitrogens with zero attached hydrogens (tertiary/aromatic N) is 1. The van der Waals surface area contributed by atoms with E-state index in [0.29, 0.717) is 5.84 Å². The summed E-state index contributed by atoms with van der Waals surface area (Å²) in [5, 5.41) is 2.54. The van der Waals surface area contributed by atoms with Crippen molar-refractivity contribution in [2.45, 2.75) is 20.3 Å². The van der Waals surface area contributed by atoms with Crippen molar-refractivity contribution >= 4 is 16.6 Å². The maximum atomic E-state index is 6.12. The van der Waals surface area contributed by atoms with Crippen LogP contribution in [0.15, 0.2) is 89.1 Å². The summed E-state index contributed by atoms with van der Waals surface area (Å²) in [5.74, 6) is 0.561. The van der Waals surface area contributed by atoms with Crippen LogP contribution in [0.3, 0.4) is 0 Å². The van der Waals surface area contributed by atoms with Crippen LogP contribution in [0.2, 0.25) is 0 Å². The molecule has 0 saturated heterocycles. The Labute approximate surface area is 143 Å². The number of rotatable bonds is 4. The Morgan fingerprint density at radius 3 is 2.25 bits per heavy atom. The molecule has 0 heterocycles. The second kappa shape index (κ2) is 7.14. The minimum absolute atomic E-state index is 0.561. The second-order valence-corrected chi connectivity index (χ2v) is 6.09. The molecule has 0 aromatic heterocycles. The van der Waals surface area contributed by atoms with Gasteiger partial charge in [-0.15, -0.1) is 0 Å². The fourth-order valence-electron chi connectivity index (χ4n) is 2.73. The van der Waals surface area contributed by atoms with Gasteiger partial charge in [0.25, 0.3) is 0 Å². The van der Waals surface area contributed by atoms with Crippen LogP contribution in [0, 0.1) is 0 Å². The monoisotopic (exact) mass is 314 g/mol. The molecule has 0 saturated carbocycles. The first kappa shape index (κ1) is 16.0. The van der Waals surface area contributed by atoms with Crippen molar-refractivity contribution in [2.75, 3.05) is 0 Å². The van der Waals surface area contributed by atoms with Crippen LogP contribution < -0.4 is 5.73 Å². The zero-order valence-corrected chi connectivity index (χ0v) is 14.2. The standard InChI is InChI=1S/C22H22N2/c1-16(17(2)24-22(23)20-9-4-3-5-10-20)14-18-12-13-19-8-6-7-11-21(19)15-18/h3-13,15H,14H2,1-2H3,(H2,23,24). The van der Waals surface area contributed by atoms with Crippen molar-refractivity contribution in [3.63, 3.8) is 0 Å². The number of fused-ring (bicyclic) bond motifs is 1. The van der Waals surface area contributed by atoms with Gasteiger partial charge in [-0.1, -0.05) is 72.8 Å². The average Bonchev–Trinajstić information content (AvgIpc) is 2.62. The first-order chi connectivity index (χ1) is 11.6. The van der Waals surface area contributed by atoms with Gasteiger partial charge in [0.2, 0.25) is 0 Å². The molecule has 0 aliphatic carbocycles. The highest BCUT2D eigenvalue weighted by Crippen LogP contribution is 2.19. The molecule has 0 radical (unpaired) electrons. The third kappa shape index (κ3) is 3.72. The lowest BCUT2D eigenvalue weighted by Gasteiger charge is -2.07. The van der Waals surface area contributed by atoms with Gasteiger partial charge in [0, 0.05) is 11.3 Å². The van der Waals surface area contributed by atoms with Crippen LogP contribution in [0.1, 0.15) is 25.0 Å². The first-order valence-electron chi connectivity index (χ1n) is 8.17. The van der Waals surface area contributed by atoms with E-state index in [2.05, 4.69) is 54.4 Å². The van der Waals surface area contributed by atoms with Crippen molar-refractivity contribution in [3.8, 4) is 0 Å². The Balaban J connectivity index is 1.83. The summed E-state index contributed by atoms with van der Waals surface area (Å²) in [7, 11) is 0. The maximum absolute atomic E-state index is 6.12. The van der Waals surface area contributed by atoms with E-state index < -0.39 is 0 Å². The zero-order chi connectivity index (χ0) is 16.9. The van der Waals surface area contributed by atoms with Gasteiger partial charge in [0.15, 0.2) is 0 Å². The predicted octanol–water partition coefficient (Wildman–Crippen LogP) is 5.08. The Kier molecular flexibility index (Phi) is 4.76. The zero-order valence-electron chi connectivity index (χ0n) is 14.2. The third-order valence-corrected chi connectivity index (χ3v) is 4.26. The van der Waals surface area contributed by atoms with Crippen LogP contribution >= 0.6 is 0 Å². The number of nitrogens with two attached hydrogens (primary N) is 1. The molecule has 0 spiro atoms. The molecule has 3 aromatic rings. The Morgan fingerprint density at radius 1 is 0.833 bits per heavy atom. The Morgan fingerprint density at radius 2 is 1.50 bits per heavy atom. The van der Waals surface area contributed by atoms with Gasteiger partial charge in [-0.05, 0) is 42.2 Å². The van der Waals surface area contributed by atoms with Gasteiger partial charge in [-0.2, -0.15) is 0 Å². The first-order valence-corrected chi connectivity index (χ1v) is 8.17. The number of allylic oxidation sites excluding steroid dienone is 2. The minimum atomic E-state index is 0.561. The van der Waals surface area contributed by atoms with Crippen LogP contribution in [0.5, 0.6) is 0 Å². The minimum Gasteiger partial charge on any atom is -0.383 e. The largest absolute Gasteiger partial charge is 0.383 e. The molecule has 0 unspecified atom stereocenters. The molecule has 3 aromatic carbocycles. The lowest BCUT2D eigenvalue weighted by atomic mass is 10.0. The van der Waals surface area contributed by atoms with E-state index in [1.54, 1.807) is 0 Å². The molecule has 0 aliphatic rings. The Bertz CT molecular complexity index is 905. The SMILES string of the molecule is CC(Cc1ccc2ccccc2c1)=C(C)N=C(N)c1ccccc1. The molecule has 0 fully saturated rings. The van der Waals surface area contributed by atoms with Crippen LogP contribution in [0.4, 0.5) is 0 Å². The van der Waals surface area contributed by atoms with E-state index in [1.807, 2.05) is 37.3 Å². The van der Waals surface area contributed by atoms with Crippen molar-refractivity contribution in [3.05, 3.63) is 95.2 Å². The fourth-order valence-corrected chi connectivity index (χ4v) is 2.73. The summed E-state index contributed by atoms with van der Waals surface area (Å²) < 4.78 is 0. The van der Waals surface area contributed by atoms with Gasteiger partial charge in [0.05, 0.1) is 0 Å². The molecular formula is C22H22N2. The van der Waals surface area contributed by atoms with Crippen molar-refractivity contribution in [1.29, 1.82) is 0 Å². The van der Waals surface area contributed by atoms with Crippen molar-refractivity contribution in [1.82, 2.24) is 0 Å². The van der Waals surface area contributed by atoms with Gasteiger partial charge in [0.1, 0.15) is 5.84 Å². The smallest absolute Gasteiger partial charge is 0.130 e. The lowest BCUT2D eigenvalue weighted by Crippen LogP contribution is -2.13. The van der Waals surface area contributed by atoms with E-state index in [9.17, 15) is 0 Å². The normalized spacial score (nSPS) is 13.0. The molecule has 2 heteroatoms. The molecule has 2 nitrogen and oxygen atoms in total. The molecule has 0 atom stereocenters. The highest BCUT2D eigenvalue weighted by Gasteiger charge is 2.03. The second-order valence-electron chi connectivity index (χ2n) is 6.09. The number of benzene rings is 3. The van der Waals surface area contributed by atoms with Gasteiger partial charge >= 0.3 is 0 Å². The quantitative estimate of drug-likeness (QED) is 0.529. The summed E-state index contributed by atoms with van der Waals surface area (Å²) in [5.41, 5.74) is 10.6. The summed E-state index contributed by atoms with van der Waals surface area (Å²) >= 11 is 0. The molecule has 3 rings (SSSR count). The molecule has 0 amide bonds. The molecule has 0 aliphatic heterocycles. The van der Waals surface area contributed by atoms with Gasteiger partial charge in [-0.25, -0.2) is 4.99 Å². The fraction of sp³-hybridized carbons (Fsp3) is 0.136. The maximum Gasteiger partial charge on any atom is 0.130 e. The number of amidine groups is 1. The van der Waals surface area contributed by atoms with Gasteiger partial charge < -0.3 is 5.73 Å². The molecule has 120 valence electrons. The highest BCUT2D eigenvalue weighted by molar-refractivity contribution is 5.98. The van der Waals surface area contributed by atoms with Crippen LogP contribution in [-0.4, -0.2) is 5.84 Å². The van der Waals surface area contributed by atoms with Crippen LogP contribution in [-0.2, 0) is 6.42 Å². The summed E-state index contributed by atoms with van der Waals surface area (Å²) in [4.78, 5) is 4.58. The van der Waals surface area contributed by atoms with Crippen molar-refractivity contribution < 1.29 is 0 Å². The topological polar surface area (TPSA) is 38.4 Å². The van der Waals surface area contributed by atoms with E-state index >= 15 is 0 Å². The highest BCUT2D eigenvalue weighted by atomic mass is 14.9. The van der Waals surface area contributed by atoms with Crippen molar-refractivity contribution in [2.24, 2.45) is 10.7 Å². The van der Waals surface area contributed by atoms with E-state index in [-0.39, 0.29) is 0 Å². The summed E-state index contributed by atoms with van der Waals surface area (Å²) in [6.45, 7) is 4.14. The number of hydrogen-bond donors (Lipinski definition) is 1. The van der Waals surface area contributed by atoms with Gasteiger partial charge in [-0.3, -0.25) is 0 Å². The molecule has 24 heavy (non-hydrogen) atoms. The lowest BCUT2D eigenvalue weighted by molar-refractivity contribution is 1.07. The predicted molar refractivity (Wildman–Crippen MR) is 103 cm³/mol. The van der Waals surface area contributed by atoms with E-state index in [4.69, 9.17) is 5.73 Å². The molecule has 0 bridgehead atoms. The average molecular weight is 314 g/mol. The number of hydrogen-bond acceptors (Lipinski definition) is 1.